The summed E-state index contributed by atoms with van der Waals surface area (Å²) in [4.78, 5) is 11.2. The van der Waals surface area contributed by atoms with Crippen LogP contribution in [0.1, 0.15) is 25.6 Å². The highest BCUT2D eigenvalue weighted by Gasteiger charge is 2.17. The van der Waals surface area contributed by atoms with Gasteiger partial charge >= 0.3 is 0 Å². The van der Waals surface area contributed by atoms with Gasteiger partial charge in [-0.3, -0.25) is 0 Å². The van der Waals surface area contributed by atoms with Crippen molar-refractivity contribution in [3.8, 4) is 28.4 Å². The first-order chi connectivity index (χ1) is 15.6. The lowest BCUT2D eigenvalue weighted by atomic mass is 10.0. The first-order valence-corrected chi connectivity index (χ1v) is 11.6. The minimum absolute atomic E-state index is 0.562. The van der Waals surface area contributed by atoms with Gasteiger partial charge in [-0.15, -0.1) is 11.3 Å². The summed E-state index contributed by atoms with van der Waals surface area (Å²) in [7, 11) is 0. The van der Waals surface area contributed by atoms with Crippen molar-refractivity contribution in [3.63, 3.8) is 0 Å². The number of aromatic nitrogens is 2. The van der Waals surface area contributed by atoms with Crippen molar-refractivity contribution >= 4 is 33.1 Å². The molecule has 0 spiro atoms. The van der Waals surface area contributed by atoms with Gasteiger partial charge in [0.15, 0.2) is 11.5 Å². The zero-order valence-electron chi connectivity index (χ0n) is 18.8. The van der Waals surface area contributed by atoms with Gasteiger partial charge in [0.25, 0.3) is 0 Å². The van der Waals surface area contributed by atoms with Crippen LogP contribution in [-0.4, -0.2) is 29.8 Å². The third-order valence-corrected chi connectivity index (χ3v) is 5.94. The average molecular weight is 450 g/mol. The smallest absolute Gasteiger partial charge is 0.163 e. The molecule has 0 atom stereocenters. The molecule has 0 amide bonds. The fourth-order valence-electron chi connectivity index (χ4n) is 3.64. The van der Waals surface area contributed by atoms with E-state index in [1.165, 1.54) is 4.88 Å². The average Bonchev–Trinajstić information content (AvgIpc) is 3.13. The molecule has 0 bridgehead atoms. The van der Waals surface area contributed by atoms with E-state index in [-0.39, 0.29) is 0 Å². The molecule has 0 aliphatic rings. The summed E-state index contributed by atoms with van der Waals surface area (Å²) < 4.78 is 17.1. The molecule has 0 radical (unpaired) electrons. The van der Waals surface area contributed by atoms with Crippen molar-refractivity contribution < 1.29 is 14.2 Å². The molecule has 1 N–H and O–H groups in total. The monoisotopic (exact) mass is 449 g/mol. The summed E-state index contributed by atoms with van der Waals surface area (Å²) in [6, 6.07) is 14.0. The van der Waals surface area contributed by atoms with Gasteiger partial charge in [-0.1, -0.05) is 12.1 Å². The molecular formula is C25H27N3O3S. The van der Waals surface area contributed by atoms with E-state index in [0.29, 0.717) is 25.6 Å². The van der Waals surface area contributed by atoms with Gasteiger partial charge in [0.2, 0.25) is 0 Å². The fourth-order valence-corrected chi connectivity index (χ4v) is 4.65. The summed E-state index contributed by atoms with van der Waals surface area (Å²) in [6.45, 7) is 9.81. The van der Waals surface area contributed by atoms with Crippen LogP contribution in [0.5, 0.6) is 17.2 Å². The minimum Gasteiger partial charge on any atom is -0.494 e. The predicted octanol–water partition coefficient (Wildman–Crippen LogP) is 6.61. The molecule has 2 aromatic heterocycles. The molecule has 0 fully saturated rings. The Hall–Kier alpha value is -3.32. The molecule has 166 valence electrons. The van der Waals surface area contributed by atoms with E-state index in [1.807, 2.05) is 51.1 Å². The van der Waals surface area contributed by atoms with Gasteiger partial charge in [0, 0.05) is 22.2 Å². The number of nitrogens with zero attached hydrogens (tertiary/aromatic N) is 2. The van der Waals surface area contributed by atoms with E-state index >= 15 is 0 Å². The molecular weight excluding hydrogens is 422 g/mol. The van der Waals surface area contributed by atoms with Crippen LogP contribution in [0.15, 0.2) is 48.8 Å². The van der Waals surface area contributed by atoms with E-state index in [1.54, 1.807) is 17.7 Å². The lowest BCUT2D eigenvalue weighted by molar-refractivity contribution is 0.288. The molecule has 32 heavy (non-hydrogen) atoms. The van der Waals surface area contributed by atoms with E-state index < -0.39 is 0 Å². The highest BCUT2D eigenvalue weighted by Crippen LogP contribution is 2.42. The quantitative estimate of drug-likeness (QED) is 0.310. The highest BCUT2D eigenvalue weighted by molar-refractivity contribution is 7.19. The van der Waals surface area contributed by atoms with Gasteiger partial charge < -0.3 is 19.5 Å². The molecule has 0 aliphatic heterocycles. The highest BCUT2D eigenvalue weighted by atomic mass is 32.1. The second kappa shape index (κ2) is 9.87. The van der Waals surface area contributed by atoms with Crippen LogP contribution in [0.25, 0.3) is 21.3 Å². The number of rotatable bonds is 9. The lowest BCUT2D eigenvalue weighted by Gasteiger charge is -2.14. The fraction of sp³-hybridized carbons (Fsp3) is 0.280. The Morgan fingerprint density at radius 1 is 0.844 bits per heavy atom. The number of hydrogen-bond donors (Lipinski definition) is 1. The van der Waals surface area contributed by atoms with Gasteiger partial charge in [-0.25, -0.2) is 9.97 Å². The second-order valence-electron chi connectivity index (χ2n) is 7.05. The molecule has 2 heterocycles. The maximum Gasteiger partial charge on any atom is 0.163 e. The molecule has 6 nitrogen and oxygen atoms in total. The van der Waals surface area contributed by atoms with Crippen molar-refractivity contribution in [2.75, 3.05) is 25.1 Å². The van der Waals surface area contributed by atoms with Gasteiger partial charge in [0.1, 0.15) is 22.7 Å². The molecule has 0 aliphatic carbocycles. The Kier molecular flexibility index (Phi) is 6.75. The molecule has 0 saturated heterocycles. The maximum absolute atomic E-state index is 5.78. The number of anilines is 2. The first kappa shape index (κ1) is 21.9. The Morgan fingerprint density at radius 3 is 2.28 bits per heavy atom. The second-order valence-corrected chi connectivity index (χ2v) is 8.25. The van der Waals surface area contributed by atoms with Crippen LogP contribution in [0.4, 0.5) is 11.5 Å². The summed E-state index contributed by atoms with van der Waals surface area (Å²) in [6.07, 6.45) is 1.60. The Labute approximate surface area is 192 Å². The van der Waals surface area contributed by atoms with Crippen LogP contribution in [0.3, 0.4) is 0 Å². The number of ether oxygens (including phenoxy) is 3. The predicted molar refractivity (Wildman–Crippen MR) is 131 cm³/mol. The number of hydrogen-bond acceptors (Lipinski definition) is 7. The maximum atomic E-state index is 5.78. The standard InChI is InChI=1S/C25H27N3O3S/c1-5-29-19-11-8-17(9-12-19)22-16(4)32-25-23(22)24(26-15-27-25)28-18-10-13-20(30-6-2)21(14-18)31-7-3/h8-15H,5-7H2,1-4H3,(H,26,27,28). The van der Waals surface area contributed by atoms with E-state index in [9.17, 15) is 0 Å². The molecule has 7 heteroatoms. The number of aryl methyl sites for hydroxylation is 1. The topological polar surface area (TPSA) is 65.5 Å². The summed E-state index contributed by atoms with van der Waals surface area (Å²) in [5, 5.41) is 4.47. The SMILES string of the molecule is CCOc1ccc(-c2c(C)sc3ncnc(Nc4ccc(OCC)c(OCC)c4)c23)cc1. The molecule has 2 aromatic carbocycles. The number of benzene rings is 2. The number of nitrogens with one attached hydrogen (secondary N) is 1. The van der Waals surface area contributed by atoms with Crippen LogP contribution in [-0.2, 0) is 0 Å². The summed E-state index contributed by atoms with van der Waals surface area (Å²) >= 11 is 1.67. The normalized spacial score (nSPS) is 10.9. The van der Waals surface area contributed by atoms with Crippen molar-refractivity contribution in [1.29, 1.82) is 0 Å². The molecule has 0 saturated carbocycles. The van der Waals surface area contributed by atoms with Crippen LogP contribution < -0.4 is 19.5 Å². The van der Waals surface area contributed by atoms with E-state index in [2.05, 4.69) is 34.3 Å². The third kappa shape index (κ3) is 4.48. The molecule has 0 unspecified atom stereocenters. The zero-order valence-corrected chi connectivity index (χ0v) is 19.6. The lowest BCUT2D eigenvalue weighted by Crippen LogP contribution is -2.00. The largest absolute Gasteiger partial charge is 0.494 e. The van der Waals surface area contributed by atoms with Crippen LogP contribution in [0.2, 0.25) is 0 Å². The van der Waals surface area contributed by atoms with Crippen molar-refractivity contribution in [3.05, 3.63) is 53.7 Å². The van der Waals surface area contributed by atoms with Gasteiger partial charge in [0.05, 0.1) is 25.2 Å². The first-order valence-electron chi connectivity index (χ1n) is 10.8. The Morgan fingerprint density at radius 2 is 1.56 bits per heavy atom. The number of fused-ring (bicyclic) bond motifs is 1. The van der Waals surface area contributed by atoms with Crippen LogP contribution in [0, 0.1) is 6.92 Å². The number of thiophene rings is 1. The molecule has 4 aromatic rings. The van der Waals surface area contributed by atoms with E-state index in [4.69, 9.17) is 14.2 Å². The summed E-state index contributed by atoms with van der Waals surface area (Å²) in [5.74, 6) is 3.06. The Bertz CT molecular complexity index is 1210. The van der Waals surface area contributed by atoms with Gasteiger partial charge in [-0.05, 0) is 57.5 Å². The third-order valence-electron chi connectivity index (χ3n) is 4.92. The molecule has 4 rings (SSSR count). The zero-order chi connectivity index (χ0) is 22.5. The van der Waals surface area contributed by atoms with Crippen molar-refractivity contribution in [2.45, 2.75) is 27.7 Å². The summed E-state index contributed by atoms with van der Waals surface area (Å²) in [5.41, 5.74) is 3.11. The van der Waals surface area contributed by atoms with Crippen LogP contribution >= 0.6 is 11.3 Å². The van der Waals surface area contributed by atoms with Crippen molar-refractivity contribution in [1.82, 2.24) is 9.97 Å². The minimum atomic E-state index is 0.562. The van der Waals surface area contributed by atoms with Gasteiger partial charge in [-0.2, -0.15) is 0 Å². The Balaban J connectivity index is 1.75. The van der Waals surface area contributed by atoms with Crippen molar-refractivity contribution in [2.24, 2.45) is 0 Å². The van der Waals surface area contributed by atoms with E-state index in [0.717, 1.165) is 44.3 Å².